The van der Waals surface area contributed by atoms with E-state index in [1.165, 1.54) is 23.1 Å². The van der Waals surface area contributed by atoms with Gasteiger partial charge in [0.1, 0.15) is 4.83 Å². The predicted molar refractivity (Wildman–Crippen MR) is 115 cm³/mol. The summed E-state index contributed by atoms with van der Waals surface area (Å²) in [6.45, 7) is 10.1. The fourth-order valence-corrected chi connectivity index (χ4v) is 4.67. The smallest absolute Gasteiger partial charge is 0.263 e. The number of nitrogens with one attached hydrogen (secondary N) is 1. The van der Waals surface area contributed by atoms with Crippen LogP contribution in [0.4, 0.5) is 0 Å². The number of aromatic nitrogens is 3. The molecule has 28 heavy (non-hydrogen) atoms. The molecule has 3 aromatic rings. The minimum atomic E-state index is -0.301. The van der Waals surface area contributed by atoms with Crippen molar-refractivity contribution in [2.24, 2.45) is 0 Å². The summed E-state index contributed by atoms with van der Waals surface area (Å²) in [6, 6.07) is 5.61. The molecular weight excluding hydrogens is 392 g/mol. The number of thiophene rings is 1. The van der Waals surface area contributed by atoms with E-state index in [2.05, 4.69) is 10.3 Å². The Kier molecular flexibility index (Phi) is 5.90. The van der Waals surface area contributed by atoms with Gasteiger partial charge in [-0.2, -0.15) is 0 Å². The average molecular weight is 417 g/mol. The van der Waals surface area contributed by atoms with Crippen molar-refractivity contribution in [1.29, 1.82) is 0 Å². The van der Waals surface area contributed by atoms with Gasteiger partial charge in [0.25, 0.3) is 5.56 Å². The van der Waals surface area contributed by atoms with Crippen molar-refractivity contribution in [3.8, 4) is 0 Å². The molecule has 0 atom stereocenters. The van der Waals surface area contributed by atoms with E-state index in [1.54, 1.807) is 10.8 Å². The molecule has 0 fully saturated rings. The number of rotatable bonds is 5. The minimum Gasteiger partial charge on any atom is -0.351 e. The summed E-state index contributed by atoms with van der Waals surface area (Å²) >= 11 is 2.79. The SMILES string of the molecule is Cc1sc2nc(SCC(=O)NC(C)(C)C)n(Cc3ccccn3)c(=O)c2c1C. The van der Waals surface area contributed by atoms with Gasteiger partial charge in [-0.1, -0.05) is 17.8 Å². The lowest BCUT2D eigenvalue weighted by molar-refractivity contribution is -0.119. The minimum absolute atomic E-state index is 0.0868. The Bertz CT molecular complexity index is 1070. The van der Waals surface area contributed by atoms with E-state index < -0.39 is 0 Å². The molecule has 3 rings (SSSR count). The van der Waals surface area contributed by atoms with Crippen LogP contribution in [0.15, 0.2) is 34.3 Å². The zero-order valence-electron chi connectivity index (χ0n) is 16.7. The van der Waals surface area contributed by atoms with Crippen LogP contribution >= 0.6 is 23.1 Å². The van der Waals surface area contributed by atoms with Crippen LogP contribution in [0.5, 0.6) is 0 Å². The molecule has 0 bridgehead atoms. The van der Waals surface area contributed by atoms with Crippen LogP contribution in [0, 0.1) is 13.8 Å². The Morgan fingerprint density at radius 1 is 1.29 bits per heavy atom. The highest BCUT2D eigenvalue weighted by Crippen LogP contribution is 2.28. The van der Waals surface area contributed by atoms with E-state index in [0.717, 1.165) is 21.0 Å². The summed E-state index contributed by atoms with van der Waals surface area (Å²) in [7, 11) is 0. The van der Waals surface area contributed by atoms with Crippen LogP contribution in [0.1, 0.15) is 36.9 Å². The van der Waals surface area contributed by atoms with Crippen molar-refractivity contribution < 1.29 is 4.79 Å². The molecule has 0 aromatic carbocycles. The molecule has 0 aliphatic heterocycles. The Hall–Kier alpha value is -2.19. The number of amides is 1. The number of nitrogens with zero attached hydrogens (tertiary/aromatic N) is 3. The maximum atomic E-state index is 13.2. The highest BCUT2D eigenvalue weighted by molar-refractivity contribution is 7.99. The fourth-order valence-electron chi connectivity index (χ4n) is 2.80. The van der Waals surface area contributed by atoms with Crippen molar-refractivity contribution in [3.63, 3.8) is 0 Å². The lowest BCUT2D eigenvalue weighted by Crippen LogP contribution is -2.41. The van der Waals surface area contributed by atoms with Gasteiger partial charge in [-0.05, 0) is 52.3 Å². The Balaban J connectivity index is 2.00. The lowest BCUT2D eigenvalue weighted by Gasteiger charge is -2.20. The molecule has 0 aliphatic rings. The van der Waals surface area contributed by atoms with Gasteiger partial charge in [-0.15, -0.1) is 11.3 Å². The summed E-state index contributed by atoms with van der Waals surface area (Å²) in [5.74, 6) is 0.107. The third-order valence-electron chi connectivity index (χ3n) is 4.15. The van der Waals surface area contributed by atoms with Gasteiger partial charge in [-0.25, -0.2) is 4.98 Å². The quantitative estimate of drug-likeness (QED) is 0.509. The normalized spacial score (nSPS) is 11.8. The Morgan fingerprint density at radius 3 is 2.68 bits per heavy atom. The second kappa shape index (κ2) is 8.05. The zero-order valence-corrected chi connectivity index (χ0v) is 18.3. The number of thioether (sulfide) groups is 1. The monoisotopic (exact) mass is 416 g/mol. The van der Waals surface area contributed by atoms with Crippen molar-refractivity contribution in [1.82, 2.24) is 19.9 Å². The molecule has 0 aliphatic carbocycles. The summed E-state index contributed by atoms with van der Waals surface area (Å²) in [6.07, 6.45) is 1.70. The molecule has 0 unspecified atom stereocenters. The topological polar surface area (TPSA) is 76.9 Å². The van der Waals surface area contributed by atoms with Gasteiger partial charge in [-0.3, -0.25) is 19.1 Å². The van der Waals surface area contributed by atoms with Crippen LogP contribution in [-0.4, -0.2) is 31.7 Å². The fraction of sp³-hybridized carbons (Fsp3) is 0.400. The zero-order chi connectivity index (χ0) is 20.5. The number of pyridine rings is 1. The second-order valence-corrected chi connectivity index (χ2v) is 9.80. The Morgan fingerprint density at radius 2 is 2.04 bits per heavy atom. The van der Waals surface area contributed by atoms with Gasteiger partial charge in [0.15, 0.2) is 5.16 Å². The first kappa shape index (κ1) is 20.5. The molecule has 0 saturated heterocycles. The van der Waals surface area contributed by atoms with Crippen LogP contribution < -0.4 is 10.9 Å². The maximum Gasteiger partial charge on any atom is 0.263 e. The Labute approximate surface area is 172 Å². The molecule has 3 heterocycles. The molecule has 1 amide bonds. The van der Waals surface area contributed by atoms with E-state index in [-0.39, 0.29) is 22.8 Å². The predicted octanol–water partition coefficient (Wildman–Crippen LogP) is 3.52. The summed E-state index contributed by atoms with van der Waals surface area (Å²) < 4.78 is 1.62. The van der Waals surface area contributed by atoms with E-state index in [9.17, 15) is 9.59 Å². The van der Waals surface area contributed by atoms with Crippen molar-refractivity contribution in [2.45, 2.75) is 51.9 Å². The summed E-state index contributed by atoms with van der Waals surface area (Å²) in [5.41, 5.74) is 1.35. The van der Waals surface area contributed by atoms with Crippen LogP contribution in [0.2, 0.25) is 0 Å². The molecule has 0 saturated carbocycles. The van der Waals surface area contributed by atoms with Gasteiger partial charge >= 0.3 is 0 Å². The number of hydrogen-bond donors (Lipinski definition) is 1. The standard InChI is InChI=1S/C20H24N4O2S2/c1-12-13(2)28-17-16(12)18(26)24(10-14-8-6-7-9-21-14)19(22-17)27-11-15(25)23-20(3,4)5/h6-9H,10-11H2,1-5H3,(H,23,25). The molecule has 6 nitrogen and oxygen atoms in total. The van der Waals surface area contributed by atoms with Crippen LogP contribution in [-0.2, 0) is 11.3 Å². The highest BCUT2D eigenvalue weighted by Gasteiger charge is 2.19. The van der Waals surface area contributed by atoms with E-state index >= 15 is 0 Å². The van der Waals surface area contributed by atoms with Gasteiger partial charge in [0.2, 0.25) is 5.91 Å². The maximum absolute atomic E-state index is 13.2. The van der Waals surface area contributed by atoms with Crippen LogP contribution in [0.25, 0.3) is 10.2 Å². The largest absolute Gasteiger partial charge is 0.351 e. The van der Waals surface area contributed by atoms with Crippen molar-refractivity contribution in [3.05, 3.63) is 50.9 Å². The first-order chi connectivity index (χ1) is 13.2. The summed E-state index contributed by atoms with van der Waals surface area (Å²) in [4.78, 5) is 36.4. The number of carbonyl (C=O) groups excluding carboxylic acids is 1. The van der Waals surface area contributed by atoms with Gasteiger partial charge < -0.3 is 5.32 Å². The number of aryl methyl sites for hydroxylation is 2. The first-order valence-corrected chi connectivity index (χ1v) is 10.8. The third-order valence-corrected chi connectivity index (χ3v) is 6.22. The molecule has 0 spiro atoms. The number of fused-ring (bicyclic) bond motifs is 1. The lowest BCUT2D eigenvalue weighted by atomic mass is 10.1. The highest BCUT2D eigenvalue weighted by atomic mass is 32.2. The van der Waals surface area contributed by atoms with E-state index in [4.69, 9.17) is 4.98 Å². The van der Waals surface area contributed by atoms with E-state index in [1.807, 2.05) is 52.8 Å². The third kappa shape index (κ3) is 4.62. The second-order valence-electron chi connectivity index (χ2n) is 7.66. The van der Waals surface area contributed by atoms with Crippen molar-refractivity contribution >= 4 is 39.2 Å². The number of carbonyl (C=O) groups is 1. The van der Waals surface area contributed by atoms with Gasteiger partial charge in [0, 0.05) is 16.6 Å². The number of hydrogen-bond acceptors (Lipinski definition) is 6. The molecule has 0 radical (unpaired) electrons. The van der Waals surface area contributed by atoms with Crippen LogP contribution in [0.3, 0.4) is 0 Å². The molecular formula is C20H24N4O2S2. The summed E-state index contributed by atoms with van der Waals surface area (Å²) in [5, 5.41) is 4.13. The molecule has 1 N–H and O–H groups in total. The average Bonchev–Trinajstić information content (AvgIpc) is 2.89. The van der Waals surface area contributed by atoms with E-state index in [0.29, 0.717) is 17.1 Å². The molecule has 148 valence electrons. The first-order valence-electron chi connectivity index (χ1n) is 9.00. The van der Waals surface area contributed by atoms with Gasteiger partial charge in [0.05, 0.1) is 23.4 Å². The van der Waals surface area contributed by atoms with Crippen molar-refractivity contribution in [2.75, 3.05) is 5.75 Å². The molecule has 8 heteroatoms. The molecule has 3 aromatic heterocycles.